The molecule has 1 spiro atoms. The normalized spacial score (nSPS) is 30.4. The fourth-order valence-corrected chi connectivity index (χ4v) is 3.90. The Hall–Kier alpha value is -0.610. The van der Waals surface area contributed by atoms with Crippen LogP contribution in [0.15, 0.2) is 24.3 Å². The first kappa shape index (κ1) is 15.3. The van der Waals surface area contributed by atoms with Gasteiger partial charge in [0.1, 0.15) is 0 Å². The van der Waals surface area contributed by atoms with Crippen LogP contribution in [0.1, 0.15) is 24.8 Å². The van der Waals surface area contributed by atoms with E-state index >= 15 is 0 Å². The van der Waals surface area contributed by atoms with Crippen LogP contribution in [0.5, 0.6) is 0 Å². The molecule has 3 rings (SSSR count). The van der Waals surface area contributed by atoms with Crippen molar-refractivity contribution in [2.45, 2.75) is 37.5 Å². The Balaban J connectivity index is 1.62. The van der Waals surface area contributed by atoms with Crippen LogP contribution in [0.25, 0.3) is 0 Å². The van der Waals surface area contributed by atoms with Gasteiger partial charge in [0.2, 0.25) is 0 Å². The van der Waals surface area contributed by atoms with Gasteiger partial charge in [0.05, 0.1) is 5.60 Å². The highest BCUT2D eigenvalue weighted by Gasteiger charge is 2.43. The van der Waals surface area contributed by atoms with Gasteiger partial charge in [0, 0.05) is 37.3 Å². The molecule has 1 aromatic carbocycles. The Kier molecular flexibility index (Phi) is 4.55. The van der Waals surface area contributed by atoms with Crippen LogP contribution in [0, 0.1) is 0 Å². The van der Waals surface area contributed by atoms with Crippen molar-refractivity contribution in [3.63, 3.8) is 0 Å². The lowest BCUT2D eigenvalue weighted by molar-refractivity contribution is -0.0932. The largest absolute Gasteiger partial charge is 0.373 e. The molecule has 0 saturated carbocycles. The Morgan fingerprint density at radius 3 is 3.05 bits per heavy atom. The first-order valence-electron chi connectivity index (χ1n) is 7.84. The second-order valence-electron chi connectivity index (χ2n) is 6.73. The van der Waals surface area contributed by atoms with Crippen LogP contribution in [-0.2, 0) is 11.3 Å². The van der Waals surface area contributed by atoms with Gasteiger partial charge in [-0.1, -0.05) is 23.7 Å². The number of ether oxygens (including phenoxy) is 1. The average Bonchev–Trinajstić information content (AvgIpc) is 2.81. The predicted molar refractivity (Wildman–Crippen MR) is 86.7 cm³/mol. The number of hydrogen-bond acceptors (Lipinski definition) is 3. The molecule has 116 valence electrons. The lowest BCUT2D eigenvalue weighted by Gasteiger charge is -2.40. The summed E-state index contributed by atoms with van der Waals surface area (Å²) >= 11 is 6.08. The molecule has 0 aromatic heterocycles. The number of halogens is 1. The van der Waals surface area contributed by atoms with Crippen LogP contribution in [0.2, 0.25) is 5.02 Å². The van der Waals surface area contributed by atoms with E-state index in [1.54, 1.807) is 0 Å². The molecule has 0 N–H and O–H groups in total. The molecular formula is C17H25ClN2O. The number of rotatable bonds is 3. The summed E-state index contributed by atoms with van der Waals surface area (Å²) in [6.07, 6.45) is 3.47. The zero-order valence-electron chi connectivity index (χ0n) is 13.0. The van der Waals surface area contributed by atoms with E-state index in [4.69, 9.17) is 16.3 Å². The first-order chi connectivity index (χ1) is 10.1. The Morgan fingerprint density at radius 2 is 2.29 bits per heavy atom. The van der Waals surface area contributed by atoms with Gasteiger partial charge in [0.25, 0.3) is 0 Å². The van der Waals surface area contributed by atoms with Gasteiger partial charge in [-0.15, -0.1) is 0 Å². The van der Waals surface area contributed by atoms with Crippen LogP contribution in [0.4, 0.5) is 0 Å². The summed E-state index contributed by atoms with van der Waals surface area (Å²) in [4.78, 5) is 4.85. The second kappa shape index (κ2) is 6.25. The molecule has 1 aromatic rings. The van der Waals surface area contributed by atoms with E-state index in [0.717, 1.165) is 50.5 Å². The molecule has 2 fully saturated rings. The number of likely N-dealkylation sites (tertiary alicyclic amines) is 1. The predicted octanol–water partition coefficient (Wildman–Crippen LogP) is 3.03. The average molecular weight is 309 g/mol. The van der Waals surface area contributed by atoms with Gasteiger partial charge >= 0.3 is 0 Å². The van der Waals surface area contributed by atoms with E-state index in [9.17, 15) is 0 Å². The van der Waals surface area contributed by atoms with Crippen LogP contribution in [-0.4, -0.2) is 55.2 Å². The van der Waals surface area contributed by atoms with Gasteiger partial charge in [-0.05, 0) is 51.1 Å². The van der Waals surface area contributed by atoms with E-state index < -0.39 is 0 Å². The van der Waals surface area contributed by atoms with Crippen molar-refractivity contribution in [1.29, 1.82) is 0 Å². The molecule has 2 aliphatic heterocycles. The van der Waals surface area contributed by atoms with Crippen molar-refractivity contribution < 1.29 is 4.74 Å². The molecule has 0 aliphatic carbocycles. The molecule has 0 bridgehead atoms. The van der Waals surface area contributed by atoms with Crippen LogP contribution < -0.4 is 0 Å². The number of nitrogens with zero attached hydrogens (tertiary/aromatic N) is 2. The third kappa shape index (κ3) is 3.59. The van der Waals surface area contributed by atoms with Crippen molar-refractivity contribution in [3.05, 3.63) is 34.9 Å². The standard InChI is InChI=1S/C17H25ClN2O/c1-19(2)16-6-9-21-17(11-16)7-8-20(13-17)12-14-4-3-5-15(18)10-14/h3-5,10,16H,6-9,11-13H2,1-2H3/t16-,17-/m0/s1. The monoisotopic (exact) mass is 308 g/mol. The molecule has 0 unspecified atom stereocenters. The fraction of sp³-hybridized carbons (Fsp3) is 0.647. The van der Waals surface area contributed by atoms with E-state index in [2.05, 4.69) is 36.0 Å². The summed E-state index contributed by atoms with van der Waals surface area (Å²) in [5.41, 5.74) is 1.37. The quantitative estimate of drug-likeness (QED) is 0.853. The minimum absolute atomic E-state index is 0.0752. The Morgan fingerprint density at radius 1 is 1.43 bits per heavy atom. The molecule has 21 heavy (non-hydrogen) atoms. The fourth-order valence-electron chi connectivity index (χ4n) is 3.68. The van der Waals surface area contributed by atoms with Crippen LogP contribution in [0.3, 0.4) is 0 Å². The molecule has 3 nitrogen and oxygen atoms in total. The molecule has 2 aliphatic rings. The molecule has 2 heterocycles. The lowest BCUT2D eigenvalue weighted by atomic mass is 9.89. The summed E-state index contributed by atoms with van der Waals surface area (Å²) in [6.45, 7) is 4.03. The van der Waals surface area contributed by atoms with E-state index in [1.807, 2.05) is 12.1 Å². The van der Waals surface area contributed by atoms with Crippen molar-refractivity contribution in [1.82, 2.24) is 9.80 Å². The molecule has 2 saturated heterocycles. The maximum absolute atomic E-state index is 6.20. The molecule has 4 heteroatoms. The third-order valence-electron chi connectivity index (χ3n) is 4.89. The van der Waals surface area contributed by atoms with Crippen molar-refractivity contribution in [2.75, 3.05) is 33.8 Å². The highest BCUT2D eigenvalue weighted by molar-refractivity contribution is 6.30. The van der Waals surface area contributed by atoms with E-state index in [0.29, 0.717) is 6.04 Å². The summed E-state index contributed by atoms with van der Waals surface area (Å²) in [5.74, 6) is 0. The van der Waals surface area contributed by atoms with Crippen molar-refractivity contribution in [2.24, 2.45) is 0 Å². The Bertz CT molecular complexity index is 493. The lowest BCUT2D eigenvalue weighted by Crippen LogP contribution is -2.48. The molecular weight excluding hydrogens is 284 g/mol. The Labute approximate surface area is 132 Å². The zero-order chi connectivity index (χ0) is 14.9. The highest BCUT2D eigenvalue weighted by atomic mass is 35.5. The third-order valence-corrected chi connectivity index (χ3v) is 5.12. The van der Waals surface area contributed by atoms with Gasteiger partial charge in [-0.3, -0.25) is 4.90 Å². The first-order valence-corrected chi connectivity index (χ1v) is 8.21. The van der Waals surface area contributed by atoms with Gasteiger partial charge in [-0.25, -0.2) is 0 Å². The smallest absolute Gasteiger partial charge is 0.0835 e. The van der Waals surface area contributed by atoms with E-state index in [-0.39, 0.29) is 5.60 Å². The minimum atomic E-state index is 0.0752. The molecule has 0 amide bonds. The van der Waals surface area contributed by atoms with Gasteiger partial charge in [-0.2, -0.15) is 0 Å². The maximum atomic E-state index is 6.20. The molecule has 0 radical (unpaired) electrons. The highest BCUT2D eigenvalue weighted by Crippen LogP contribution is 2.36. The van der Waals surface area contributed by atoms with E-state index in [1.165, 1.54) is 5.56 Å². The summed E-state index contributed by atoms with van der Waals surface area (Å²) in [5, 5.41) is 0.822. The number of hydrogen-bond donors (Lipinski definition) is 0. The van der Waals surface area contributed by atoms with Gasteiger partial charge < -0.3 is 9.64 Å². The van der Waals surface area contributed by atoms with Gasteiger partial charge in [0.15, 0.2) is 0 Å². The number of benzene rings is 1. The topological polar surface area (TPSA) is 15.7 Å². The maximum Gasteiger partial charge on any atom is 0.0835 e. The minimum Gasteiger partial charge on any atom is -0.373 e. The SMILES string of the molecule is CN(C)[C@H]1CCO[C@@]2(CCN(Cc3cccc(Cl)c3)C2)C1. The summed E-state index contributed by atoms with van der Waals surface area (Å²) in [6, 6.07) is 8.84. The van der Waals surface area contributed by atoms with Crippen LogP contribution >= 0.6 is 11.6 Å². The summed E-state index contributed by atoms with van der Waals surface area (Å²) < 4.78 is 6.20. The van der Waals surface area contributed by atoms with Crippen molar-refractivity contribution >= 4 is 11.6 Å². The second-order valence-corrected chi connectivity index (χ2v) is 7.17. The van der Waals surface area contributed by atoms with Crippen molar-refractivity contribution in [3.8, 4) is 0 Å². The zero-order valence-corrected chi connectivity index (χ0v) is 13.8. The molecule has 2 atom stereocenters. The summed E-state index contributed by atoms with van der Waals surface area (Å²) in [7, 11) is 4.37.